The zero-order chi connectivity index (χ0) is 32.5. The third-order valence-corrected chi connectivity index (χ3v) is 9.09. The summed E-state index contributed by atoms with van der Waals surface area (Å²) in [4.78, 5) is 78.8. The van der Waals surface area contributed by atoms with Crippen LogP contribution in [0.3, 0.4) is 0 Å². The summed E-state index contributed by atoms with van der Waals surface area (Å²) in [6.07, 6.45) is 0.255. The number of carbonyl (C=O) groups is 6. The molecule has 4 amide bonds. The third kappa shape index (κ3) is 6.08. The summed E-state index contributed by atoms with van der Waals surface area (Å²) in [5.41, 5.74) is 1.39. The van der Waals surface area contributed by atoms with Crippen molar-refractivity contribution in [1.29, 1.82) is 0 Å². The average molecular weight is 630 g/mol. The van der Waals surface area contributed by atoms with E-state index in [0.29, 0.717) is 13.1 Å². The van der Waals surface area contributed by atoms with E-state index in [-0.39, 0.29) is 78.5 Å². The van der Waals surface area contributed by atoms with E-state index in [1.54, 1.807) is 12.1 Å². The van der Waals surface area contributed by atoms with Gasteiger partial charge in [-0.3, -0.25) is 43.9 Å². The molecule has 2 saturated heterocycles. The van der Waals surface area contributed by atoms with E-state index in [9.17, 15) is 39.0 Å². The molecule has 1 aliphatic carbocycles. The van der Waals surface area contributed by atoms with Crippen molar-refractivity contribution >= 4 is 40.9 Å². The van der Waals surface area contributed by atoms with Gasteiger partial charge in [-0.1, -0.05) is 36.4 Å². The number of piperidine rings is 1. The van der Waals surface area contributed by atoms with Crippen LogP contribution in [0, 0.1) is 0 Å². The summed E-state index contributed by atoms with van der Waals surface area (Å²) >= 11 is 0. The third-order valence-electron chi connectivity index (χ3n) is 9.09. The van der Waals surface area contributed by atoms with Gasteiger partial charge in [-0.05, 0) is 36.5 Å². The summed E-state index contributed by atoms with van der Waals surface area (Å²) in [5, 5.41) is 29.8. The van der Waals surface area contributed by atoms with E-state index in [1.165, 1.54) is 12.3 Å². The predicted octanol–water partition coefficient (Wildman–Crippen LogP) is 0.443. The van der Waals surface area contributed by atoms with Crippen molar-refractivity contribution in [3.8, 4) is 0 Å². The van der Waals surface area contributed by atoms with E-state index >= 15 is 0 Å². The van der Waals surface area contributed by atoms with Gasteiger partial charge in [-0.15, -0.1) is 0 Å². The van der Waals surface area contributed by atoms with Crippen LogP contribution in [-0.2, 0) is 19.2 Å². The summed E-state index contributed by atoms with van der Waals surface area (Å²) in [6, 6.07) is 12.4. The molecular formula is C33H35N5O8. The number of hydrogen-bond donors (Lipinski definition) is 5. The zero-order valence-electron chi connectivity index (χ0n) is 25.0. The molecular weight excluding hydrogens is 594 g/mol. The molecule has 13 nitrogen and oxygen atoms in total. The number of rotatable bonds is 9. The number of Topliss-reactive ketones (excluding diaryl/α,β-unsaturated/α-hetero) is 2. The van der Waals surface area contributed by atoms with Gasteiger partial charge in [0.2, 0.25) is 11.8 Å². The van der Waals surface area contributed by atoms with Crippen molar-refractivity contribution in [1.82, 2.24) is 20.4 Å². The molecule has 5 N–H and O–H groups in total. The fraction of sp³-hybridized carbons (Fsp3) is 0.394. The first kappa shape index (κ1) is 31.3. The number of imide groups is 2. The number of aliphatic hydroxyl groups is 2. The maximum Gasteiger partial charge on any atom is 0.264 e. The van der Waals surface area contributed by atoms with Crippen LogP contribution >= 0.6 is 0 Å². The number of aliphatic hydroxyl groups excluding tert-OH is 2. The van der Waals surface area contributed by atoms with E-state index in [4.69, 9.17) is 0 Å². The molecule has 0 radical (unpaired) electrons. The number of likely N-dealkylation sites (tertiary alicyclic amines) is 1. The minimum absolute atomic E-state index is 0.000768. The number of fused-ring (bicyclic) bond motifs is 1. The quantitative estimate of drug-likeness (QED) is 0.0853. The summed E-state index contributed by atoms with van der Waals surface area (Å²) in [6.45, 7) is 0.968. The maximum absolute atomic E-state index is 13.4. The highest BCUT2D eigenvalue weighted by Crippen LogP contribution is 2.34. The van der Waals surface area contributed by atoms with Crippen LogP contribution < -0.4 is 16.0 Å². The van der Waals surface area contributed by atoms with Crippen molar-refractivity contribution in [3.05, 3.63) is 77.0 Å². The molecule has 2 aromatic rings. The van der Waals surface area contributed by atoms with Gasteiger partial charge in [-0.25, -0.2) is 0 Å². The normalized spacial score (nSPS) is 25.9. The van der Waals surface area contributed by atoms with Crippen LogP contribution in [0.4, 0.5) is 5.69 Å². The number of anilines is 1. The molecule has 0 spiro atoms. The van der Waals surface area contributed by atoms with Gasteiger partial charge in [0.05, 0.1) is 28.8 Å². The van der Waals surface area contributed by atoms with Gasteiger partial charge in [0.25, 0.3) is 11.8 Å². The van der Waals surface area contributed by atoms with Gasteiger partial charge < -0.3 is 20.8 Å². The van der Waals surface area contributed by atoms with Gasteiger partial charge in [0.1, 0.15) is 12.3 Å². The summed E-state index contributed by atoms with van der Waals surface area (Å²) < 4.78 is 0. The van der Waals surface area contributed by atoms with Crippen molar-refractivity contribution in [2.75, 3.05) is 25.0 Å². The number of β-amino-alcohol motifs (C(OH)–C–C–N with tert-alkyl or cyclic N) is 1. The number of carbonyl (C=O) groups excluding carboxylic acids is 6. The lowest BCUT2D eigenvalue weighted by Crippen LogP contribution is -2.54. The Bertz CT molecular complexity index is 1600. The largest absolute Gasteiger partial charge is 0.392 e. The molecule has 240 valence electrons. The van der Waals surface area contributed by atoms with Crippen molar-refractivity contribution in [2.45, 2.75) is 62.4 Å². The molecule has 13 heteroatoms. The first-order chi connectivity index (χ1) is 22.1. The molecule has 46 heavy (non-hydrogen) atoms. The number of nitrogens with zero attached hydrogens (tertiary/aromatic N) is 2. The average Bonchev–Trinajstić information content (AvgIpc) is 3.53. The number of hydrogen-bond acceptors (Lipinski definition) is 11. The molecule has 6 rings (SSSR count). The highest BCUT2D eigenvalue weighted by Gasteiger charge is 2.46. The molecule has 3 heterocycles. The first-order valence-corrected chi connectivity index (χ1v) is 15.4. The Morgan fingerprint density at radius 3 is 2.41 bits per heavy atom. The van der Waals surface area contributed by atoms with Gasteiger partial charge in [0.15, 0.2) is 11.6 Å². The van der Waals surface area contributed by atoms with E-state index in [0.717, 1.165) is 10.5 Å². The molecule has 1 saturated carbocycles. The molecule has 4 atom stereocenters. The highest BCUT2D eigenvalue weighted by molar-refractivity contribution is 6.25. The zero-order valence-corrected chi connectivity index (χ0v) is 25.0. The predicted molar refractivity (Wildman–Crippen MR) is 163 cm³/mol. The van der Waals surface area contributed by atoms with Crippen LogP contribution in [0.1, 0.15) is 64.3 Å². The lowest BCUT2D eigenvalue weighted by molar-refractivity contribution is -0.136. The van der Waals surface area contributed by atoms with Gasteiger partial charge in [0, 0.05) is 50.8 Å². The van der Waals surface area contributed by atoms with Crippen LogP contribution in [0.2, 0.25) is 0 Å². The highest BCUT2D eigenvalue weighted by atomic mass is 16.3. The van der Waals surface area contributed by atoms with Crippen molar-refractivity contribution in [3.63, 3.8) is 0 Å². The van der Waals surface area contributed by atoms with Crippen LogP contribution in [0.15, 0.2) is 60.3 Å². The van der Waals surface area contributed by atoms with E-state index < -0.39 is 48.0 Å². The Balaban J connectivity index is 1.08. The lowest BCUT2D eigenvalue weighted by atomic mass is 9.80. The second kappa shape index (κ2) is 12.9. The Kier molecular flexibility index (Phi) is 8.80. The molecule has 2 unspecified atom stereocenters. The molecule has 3 fully saturated rings. The smallest absolute Gasteiger partial charge is 0.264 e. The fourth-order valence-electron chi connectivity index (χ4n) is 6.78. The first-order valence-electron chi connectivity index (χ1n) is 15.4. The van der Waals surface area contributed by atoms with Crippen molar-refractivity contribution < 1.29 is 39.0 Å². The van der Waals surface area contributed by atoms with E-state index in [1.807, 2.05) is 35.2 Å². The summed E-state index contributed by atoms with van der Waals surface area (Å²) in [5.74, 6) is -3.11. The molecule has 3 aliphatic heterocycles. The topological polar surface area (TPSA) is 185 Å². The second-order valence-electron chi connectivity index (χ2n) is 12.1. The standard InChI is InChI=1S/C33H35N5O8/c39-20-15-25(37(17-20)12-11-34-16-22-26(40)13-19(14-27(22)41)18-5-2-1-3-6-18)31(44)35-23-8-4-7-21-29(23)33(46)38(32(21)45)24-9-10-28(42)36-30(24)43/h1-8,16,19-20,24-25,31,34-35,39,44H,9-15,17H2,(H,36,42,43)/t19?,20-,24?,25-,31?/m0/s1. The monoisotopic (exact) mass is 629 g/mol. The van der Waals surface area contributed by atoms with Crippen molar-refractivity contribution in [2.24, 2.45) is 0 Å². The number of ketones is 2. The number of benzene rings is 2. The maximum atomic E-state index is 13.4. The Labute approximate surface area is 264 Å². The minimum Gasteiger partial charge on any atom is -0.392 e. The molecule has 0 aromatic heterocycles. The number of amides is 4. The molecule has 2 aromatic carbocycles. The van der Waals surface area contributed by atoms with E-state index in [2.05, 4.69) is 16.0 Å². The van der Waals surface area contributed by atoms with Crippen LogP contribution in [-0.4, -0.2) is 99.3 Å². The molecule has 4 aliphatic rings. The van der Waals surface area contributed by atoms with Crippen LogP contribution in [0.5, 0.6) is 0 Å². The van der Waals surface area contributed by atoms with Gasteiger partial charge in [-0.2, -0.15) is 0 Å². The van der Waals surface area contributed by atoms with Gasteiger partial charge >= 0.3 is 0 Å². The lowest BCUT2D eigenvalue weighted by Gasteiger charge is -2.30. The number of nitrogens with one attached hydrogen (secondary N) is 3. The minimum atomic E-state index is -1.24. The fourth-order valence-corrected chi connectivity index (χ4v) is 6.78. The second-order valence-corrected chi connectivity index (χ2v) is 12.1. The Morgan fingerprint density at radius 2 is 1.70 bits per heavy atom. The SMILES string of the molecule is O=C1CCC(N2C(=O)c3cccc(NC(O)[C@@H]4C[C@H](O)CN4CCNC=C4C(=O)CC(c5ccccc5)CC4=O)c3C2=O)C(=O)N1. The Morgan fingerprint density at radius 1 is 0.957 bits per heavy atom. The number of allylic oxidation sites excluding steroid dienone is 1. The van der Waals surface area contributed by atoms with Crippen LogP contribution in [0.25, 0.3) is 0 Å². The molecule has 0 bridgehead atoms. The Hall–Kier alpha value is -4.72. The summed E-state index contributed by atoms with van der Waals surface area (Å²) in [7, 11) is 0.